The van der Waals surface area contributed by atoms with Crippen LogP contribution < -0.4 is 10.5 Å². The molecule has 0 radical (unpaired) electrons. The lowest BCUT2D eigenvalue weighted by Gasteiger charge is -2.14. The quantitative estimate of drug-likeness (QED) is 0.859. The molecule has 21 heavy (non-hydrogen) atoms. The molecule has 2 aromatic rings. The molecule has 1 unspecified atom stereocenters. The molecular formula is C13H14N4O3S. The number of benzene rings is 1. The van der Waals surface area contributed by atoms with Crippen LogP contribution in [0.2, 0.25) is 0 Å². The number of hydrogen-bond acceptors (Lipinski definition) is 5. The van der Waals surface area contributed by atoms with Gasteiger partial charge in [0.2, 0.25) is 10.0 Å². The second kappa shape index (κ2) is 5.98. The number of hydrogen-bond donors (Lipinski definition) is 2. The Bertz CT molecular complexity index is 730. The third kappa shape index (κ3) is 3.83. The number of nitrogens with two attached hydrogens (primary N) is 1. The van der Waals surface area contributed by atoms with E-state index < -0.39 is 10.0 Å². The zero-order valence-electron chi connectivity index (χ0n) is 11.2. The van der Waals surface area contributed by atoms with Crippen molar-refractivity contribution < 1.29 is 13.2 Å². The number of carbonyl (C=O) groups excluding carboxylic acids is 1. The van der Waals surface area contributed by atoms with E-state index in [0.717, 1.165) is 5.56 Å². The van der Waals surface area contributed by atoms with Crippen molar-refractivity contribution in [2.24, 2.45) is 5.14 Å². The Balaban J connectivity index is 2.10. The topological polar surface area (TPSA) is 115 Å². The van der Waals surface area contributed by atoms with Gasteiger partial charge in [0.25, 0.3) is 5.91 Å². The lowest BCUT2D eigenvalue weighted by atomic mass is 10.1. The SMILES string of the molecule is CC(NC(=O)c1ccnnc1)c1ccc(S(N)(=O)=O)cc1. The van der Waals surface area contributed by atoms with Crippen LogP contribution in [0.3, 0.4) is 0 Å². The van der Waals surface area contributed by atoms with Crippen LogP contribution in [0, 0.1) is 0 Å². The summed E-state index contributed by atoms with van der Waals surface area (Å²) in [6.45, 7) is 1.79. The number of carbonyl (C=O) groups is 1. The first-order chi connectivity index (χ1) is 9.88. The van der Waals surface area contributed by atoms with E-state index in [0.29, 0.717) is 5.56 Å². The normalized spacial score (nSPS) is 12.7. The monoisotopic (exact) mass is 306 g/mol. The number of nitrogens with one attached hydrogen (secondary N) is 1. The molecule has 1 atom stereocenters. The Hall–Kier alpha value is -2.32. The van der Waals surface area contributed by atoms with Crippen molar-refractivity contribution in [3.8, 4) is 0 Å². The maximum absolute atomic E-state index is 12.0. The molecule has 0 saturated heterocycles. The van der Waals surface area contributed by atoms with E-state index in [9.17, 15) is 13.2 Å². The van der Waals surface area contributed by atoms with Crippen molar-refractivity contribution in [3.05, 3.63) is 53.9 Å². The minimum absolute atomic E-state index is 0.0307. The summed E-state index contributed by atoms with van der Waals surface area (Å²) >= 11 is 0. The Morgan fingerprint density at radius 3 is 2.38 bits per heavy atom. The van der Waals surface area contributed by atoms with Crippen molar-refractivity contribution >= 4 is 15.9 Å². The van der Waals surface area contributed by atoms with Crippen molar-refractivity contribution in [1.82, 2.24) is 15.5 Å². The zero-order valence-corrected chi connectivity index (χ0v) is 12.0. The number of aromatic nitrogens is 2. The van der Waals surface area contributed by atoms with Gasteiger partial charge < -0.3 is 5.32 Å². The van der Waals surface area contributed by atoms with Crippen LogP contribution in [-0.4, -0.2) is 24.5 Å². The van der Waals surface area contributed by atoms with Gasteiger partial charge in [-0.1, -0.05) is 12.1 Å². The van der Waals surface area contributed by atoms with Gasteiger partial charge in [0.05, 0.1) is 28.9 Å². The summed E-state index contributed by atoms with van der Waals surface area (Å²) in [4.78, 5) is 12.0. The van der Waals surface area contributed by atoms with Crippen LogP contribution in [0.1, 0.15) is 28.9 Å². The molecule has 2 rings (SSSR count). The predicted octanol–water partition coefficient (Wildman–Crippen LogP) is 0.615. The summed E-state index contributed by atoms with van der Waals surface area (Å²) in [5, 5.41) is 15.0. The molecule has 3 N–H and O–H groups in total. The average molecular weight is 306 g/mol. The van der Waals surface area contributed by atoms with Crippen LogP contribution in [-0.2, 0) is 10.0 Å². The van der Waals surface area contributed by atoms with E-state index in [1.807, 2.05) is 0 Å². The van der Waals surface area contributed by atoms with Gasteiger partial charge in [-0.25, -0.2) is 13.6 Å². The summed E-state index contributed by atoms with van der Waals surface area (Å²) in [5.74, 6) is -0.284. The van der Waals surface area contributed by atoms with Crippen LogP contribution in [0.25, 0.3) is 0 Å². The summed E-state index contributed by atoms with van der Waals surface area (Å²) < 4.78 is 22.3. The van der Waals surface area contributed by atoms with Gasteiger partial charge in [-0.15, -0.1) is 0 Å². The first kappa shape index (κ1) is 15.1. The van der Waals surface area contributed by atoms with Gasteiger partial charge in [0, 0.05) is 0 Å². The van der Waals surface area contributed by atoms with E-state index in [1.54, 1.807) is 25.1 Å². The van der Waals surface area contributed by atoms with Gasteiger partial charge in [0.1, 0.15) is 0 Å². The third-order valence-corrected chi connectivity index (χ3v) is 3.83. The summed E-state index contributed by atoms with van der Waals surface area (Å²) in [6.07, 6.45) is 2.80. The van der Waals surface area contributed by atoms with Crippen molar-refractivity contribution in [3.63, 3.8) is 0 Å². The van der Waals surface area contributed by atoms with Crippen molar-refractivity contribution in [2.45, 2.75) is 17.9 Å². The van der Waals surface area contributed by atoms with Gasteiger partial charge in [0.15, 0.2) is 0 Å². The van der Waals surface area contributed by atoms with Crippen LogP contribution in [0.15, 0.2) is 47.6 Å². The highest BCUT2D eigenvalue weighted by atomic mass is 32.2. The maximum atomic E-state index is 12.0. The average Bonchev–Trinajstić information content (AvgIpc) is 2.47. The summed E-state index contributed by atoms with van der Waals surface area (Å²) in [6, 6.07) is 7.28. The maximum Gasteiger partial charge on any atom is 0.253 e. The van der Waals surface area contributed by atoms with Gasteiger partial charge in [-0.2, -0.15) is 10.2 Å². The highest BCUT2D eigenvalue weighted by Gasteiger charge is 2.13. The lowest BCUT2D eigenvalue weighted by molar-refractivity contribution is 0.0939. The summed E-state index contributed by atoms with van der Waals surface area (Å²) in [5.41, 5.74) is 1.16. The molecule has 8 heteroatoms. The molecule has 0 aliphatic rings. The zero-order chi connectivity index (χ0) is 15.5. The molecule has 0 aliphatic heterocycles. The van der Waals surface area contributed by atoms with Gasteiger partial charge >= 0.3 is 0 Å². The Kier molecular flexibility index (Phi) is 4.29. The molecule has 1 aromatic carbocycles. The molecule has 0 aliphatic carbocycles. The van der Waals surface area contributed by atoms with Gasteiger partial charge in [-0.3, -0.25) is 4.79 Å². The smallest absolute Gasteiger partial charge is 0.253 e. The number of nitrogens with zero attached hydrogens (tertiary/aromatic N) is 2. The highest BCUT2D eigenvalue weighted by molar-refractivity contribution is 7.89. The first-order valence-corrected chi connectivity index (χ1v) is 7.63. The molecule has 110 valence electrons. The minimum atomic E-state index is -3.71. The van der Waals surface area contributed by atoms with Crippen LogP contribution in [0.4, 0.5) is 0 Å². The molecule has 0 fully saturated rings. The fraction of sp³-hybridized carbons (Fsp3) is 0.154. The molecule has 0 spiro atoms. The van der Waals surface area contributed by atoms with Crippen LogP contribution >= 0.6 is 0 Å². The highest BCUT2D eigenvalue weighted by Crippen LogP contribution is 2.16. The predicted molar refractivity (Wildman–Crippen MR) is 75.7 cm³/mol. The van der Waals surface area contributed by atoms with Gasteiger partial charge in [-0.05, 0) is 30.7 Å². The van der Waals surface area contributed by atoms with Crippen molar-refractivity contribution in [1.29, 1.82) is 0 Å². The molecule has 7 nitrogen and oxygen atoms in total. The second-order valence-electron chi connectivity index (χ2n) is 4.44. The van der Waals surface area contributed by atoms with E-state index in [2.05, 4.69) is 15.5 Å². The number of primary sulfonamides is 1. The first-order valence-electron chi connectivity index (χ1n) is 6.08. The largest absolute Gasteiger partial charge is 0.345 e. The van der Waals surface area contributed by atoms with E-state index in [4.69, 9.17) is 5.14 Å². The molecule has 0 saturated carbocycles. The fourth-order valence-corrected chi connectivity index (χ4v) is 2.25. The Labute approximate surface area is 122 Å². The number of sulfonamides is 1. The molecule has 0 bridgehead atoms. The van der Waals surface area contributed by atoms with Crippen molar-refractivity contribution in [2.75, 3.05) is 0 Å². The number of amides is 1. The standard InChI is InChI=1S/C13H14N4O3S/c1-9(17-13(18)11-6-7-15-16-8-11)10-2-4-12(5-3-10)21(14,19)20/h2-9H,1H3,(H,17,18)(H2,14,19,20). The minimum Gasteiger partial charge on any atom is -0.345 e. The second-order valence-corrected chi connectivity index (χ2v) is 6.00. The number of rotatable bonds is 4. The molecule has 1 aromatic heterocycles. The molecule has 1 amide bonds. The summed E-state index contributed by atoms with van der Waals surface area (Å²) in [7, 11) is -3.71. The van der Waals surface area contributed by atoms with E-state index >= 15 is 0 Å². The third-order valence-electron chi connectivity index (χ3n) is 2.90. The van der Waals surface area contributed by atoms with Crippen LogP contribution in [0.5, 0.6) is 0 Å². The molecular weight excluding hydrogens is 292 g/mol. The molecule has 1 heterocycles. The Morgan fingerprint density at radius 1 is 1.19 bits per heavy atom. The fourth-order valence-electron chi connectivity index (χ4n) is 1.73. The van der Waals surface area contributed by atoms with E-state index in [1.165, 1.54) is 24.5 Å². The lowest BCUT2D eigenvalue weighted by Crippen LogP contribution is -2.26. The van der Waals surface area contributed by atoms with E-state index in [-0.39, 0.29) is 16.8 Å². The Morgan fingerprint density at radius 2 is 1.86 bits per heavy atom.